The maximum absolute atomic E-state index is 12.9. The minimum Gasteiger partial charge on any atom is -0.314 e. The van der Waals surface area contributed by atoms with Crippen molar-refractivity contribution in [2.75, 3.05) is 7.05 Å². The Bertz CT molecular complexity index is 320. The van der Waals surface area contributed by atoms with E-state index in [-0.39, 0.29) is 16.9 Å². The fraction of sp³-hybridized carbons (Fsp3) is 0.286. The monoisotopic (exact) mass is 224 g/mol. The lowest BCUT2D eigenvalue weighted by molar-refractivity contribution is -0.0732. The lowest BCUT2D eigenvalue weighted by Gasteiger charge is -2.09. The molecule has 3 nitrogen and oxygen atoms in total. The molecular formula is C7H7Cl2FN2O. The fourth-order valence-electron chi connectivity index (χ4n) is 0.841. The molecule has 0 aromatic carbocycles. The molecule has 0 saturated heterocycles. The highest BCUT2D eigenvalue weighted by Crippen LogP contribution is 2.20. The third-order valence-corrected chi connectivity index (χ3v) is 1.95. The predicted octanol–water partition coefficient (Wildman–Crippen LogP) is 2.35. The van der Waals surface area contributed by atoms with Crippen LogP contribution in [0.4, 0.5) is 4.39 Å². The zero-order valence-electron chi connectivity index (χ0n) is 6.76. The normalized spacial score (nSPS) is 10.9. The van der Waals surface area contributed by atoms with Gasteiger partial charge in [-0.1, -0.05) is 23.2 Å². The van der Waals surface area contributed by atoms with Crippen molar-refractivity contribution >= 4 is 23.2 Å². The Balaban J connectivity index is 3.01. The van der Waals surface area contributed by atoms with Crippen molar-refractivity contribution in [3.8, 4) is 0 Å². The fourth-order valence-corrected chi connectivity index (χ4v) is 1.22. The number of nitrogens with zero attached hydrogens (tertiary/aromatic N) is 2. The molecule has 1 aromatic rings. The first-order valence-electron chi connectivity index (χ1n) is 3.41. The Morgan fingerprint density at radius 2 is 2.15 bits per heavy atom. The first kappa shape index (κ1) is 10.7. The summed E-state index contributed by atoms with van der Waals surface area (Å²) in [4.78, 5) is 3.54. The number of rotatable bonds is 2. The quantitative estimate of drug-likeness (QED) is 0.619. The van der Waals surface area contributed by atoms with Crippen LogP contribution in [0.5, 0.6) is 0 Å². The summed E-state index contributed by atoms with van der Waals surface area (Å²) in [7, 11) is 1.42. The molecule has 1 N–H and O–H groups in total. The van der Waals surface area contributed by atoms with Gasteiger partial charge in [0, 0.05) is 12.6 Å². The van der Waals surface area contributed by atoms with E-state index in [4.69, 9.17) is 28.4 Å². The molecule has 1 rings (SSSR count). The van der Waals surface area contributed by atoms with Gasteiger partial charge in [-0.3, -0.25) is 0 Å². The first-order valence-corrected chi connectivity index (χ1v) is 4.16. The summed E-state index contributed by atoms with van der Waals surface area (Å²) in [5.74, 6) is -0.650. The van der Waals surface area contributed by atoms with Gasteiger partial charge >= 0.3 is 0 Å². The highest BCUT2D eigenvalue weighted by atomic mass is 35.5. The van der Waals surface area contributed by atoms with Crippen molar-refractivity contribution in [1.82, 2.24) is 10.0 Å². The van der Waals surface area contributed by atoms with Gasteiger partial charge in [-0.05, 0) is 6.07 Å². The van der Waals surface area contributed by atoms with Gasteiger partial charge in [0.1, 0.15) is 5.15 Å². The summed E-state index contributed by atoms with van der Waals surface area (Å²) in [6.45, 7) is 0.0971. The van der Waals surface area contributed by atoms with E-state index in [1.54, 1.807) is 0 Å². The van der Waals surface area contributed by atoms with E-state index in [2.05, 4.69) is 4.98 Å². The van der Waals surface area contributed by atoms with Crippen molar-refractivity contribution in [2.24, 2.45) is 0 Å². The summed E-state index contributed by atoms with van der Waals surface area (Å²) < 4.78 is 12.9. The third-order valence-electron chi connectivity index (χ3n) is 1.36. The zero-order valence-corrected chi connectivity index (χ0v) is 8.27. The van der Waals surface area contributed by atoms with Crippen LogP contribution >= 0.6 is 23.2 Å². The lowest BCUT2D eigenvalue weighted by Crippen LogP contribution is -2.12. The molecule has 0 aliphatic rings. The summed E-state index contributed by atoms with van der Waals surface area (Å²) in [6.07, 6.45) is 0. The van der Waals surface area contributed by atoms with Gasteiger partial charge in [-0.25, -0.2) is 9.37 Å². The minimum atomic E-state index is -0.650. The van der Waals surface area contributed by atoms with E-state index >= 15 is 0 Å². The molecule has 0 bridgehead atoms. The second kappa shape index (κ2) is 4.19. The van der Waals surface area contributed by atoms with E-state index in [1.807, 2.05) is 0 Å². The second-order valence-electron chi connectivity index (χ2n) is 2.53. The van der Waals surface area contributed by atoms with E-state index < -0.39 is 5.82 Å². The predicted molar refractivity (Wildman–Crippen MR) is 47.5 cm³/mol. The lowest BCUT2D eigenvalue weighted by atomic mass is 10.3. The maximum Gasteiger partial charge on any atom is 0.166 e. The maximum atomic E-state index is 12.9. The van der Waals surface area contributed by atoms with Crippen LogP contribution in [0.25, 0.3) is 0 Å². The number of hydrogen-bond donors (Lipinski definition) is 1. The molecule has 1 heterocycles. The minimum absolute atomic E-state index is 0.0901. The van der Waals surface area contributed by atoms with Crippen LogP contribution in [0.15, 0.2) is 6.07 Å². The molecule has 0 aliphatic heterocycles. The summed E-state index contributed by atoms with van der Waals surface area (Å²) in [5, 5.41) is 9.57. The largest absolute Gasteiger partial charge is 0.314 e. The first-order chi connectivity index (χ1) is 6.00. The van der Waals surface area contributed by atoms with Crippen molar-refractivity contribution in [3.63, 3.8) is 0 Å². The molecule has 0 saturated carbocycles. The molecule has 0 spiro atoms. The molecule has 1 aromatic heterocycles. The van der Waals surface area contributed by atoms with Crippen LogP contribution in [0.3, 0.4) is 0 Å². The van der Waals surface area contributed by atoms with E-state index in [1.165, 1.54) is 7.05 Å². The zero-order chi connectivity index (χ0) is 10.0. The number of hydroxylamine groups is 2. The molecule has 72 valence electrons. The molecule has 6 heteroatoms. The number of pyridine rings is 1. The third kappa shape index (κ3) is 2.77. The van der Waals surface area contributed by atoms with Crippen molar-refractivity contribution < 1.29 is 9.60 Å². The SMILES string of the molecule is CN(O)Cc1cc(F)c(Cl)nc1Cl. The van der Waals surface area contributed by atoms with Crippen molar-refractivity contribution in [2.45, 2.75) is 6.54 Å². The van der Waals surface area contributed by atoms with Gasteiger partial charge in [0.05, 0.1) is 6.54 Å². The van der Waals surface area contributed by atoms with Crippen molar-refractivity contribution in [1.29, 1.82) is 0 Å². The Labute approximate surface area is 84.7 Å². The highest BCUT2D eigenvalue weighted by Gasteiger charge is 2.09. The summed E-state index contributed by atoms with van der Waals surface area (Å²) in [5.41, 5.74) is 0.383. The molecule has 0 aliphatic carbocycles. The Morgan fingerprint density at radius 1 is 1.54 bits per heavy atom. The average molecular weight is 225 g/mol. The Hall–Kier alpha value is -0.420. The van der Waals surface area contributed by atoms with E-state index in [0.29, 0.717) is 5.56 Å². The average Bonchev–Trinajstić information content (AvgIpc) is 1.99. The second-order valence-corrected chi connectivity index (χ2v) is 3.24. The van der Waals surface area contributed by atoms with Crippen LogP contribution in [-0.4, -0.2) is 22.3 Å². The molecule has 13 heavy (non-hydrogen) atoms. The number of halogens is 3. The Kier molecular flexibility index (Phi) is 3.44. The standard InChI is InChI=1S/C7H7Cl2FN2O/c1-12(13)3-4-2-5(10)7(9)11-6(4)8/h2,13H,3H2,1H3. The molecular weight excluding hydrogens is 218 g/mol. The smallest absolute Gasteiger partial charge is 0.166 e. The summed E-state index contributed by atoms with van der Waals surface area (Å²) in [6, 6.07) is 1.14. The summed E-state index contributed by atoms with van der Waals surface area (Å²) >= 11 is 11.0. The molecule has 0 fully saturated rings. The van der Waals surface area contributed by atoms with Crippen LogP contribution in [0, 0.1) is 5.82 Å². The Morgan fingerprint density at radius 3 is 2.69 bits per heavy atom. The van der Waals surface area contributed by atoms with Crippen LogP contribution in [0.1, 0.15) is 5.56 Å². The van der Waals surface area contributed by atoms with Gasteiger partial charge < -0.3 is 5.21 Å². The van der Waals surface area contributed by atoms with Gasteiger partial charge in [-0.2, -0.15) is 5.06 Å². The highest BCUT2D eigenvalue weighted by molar-refractivity contribution is 6.32. The topological polar surface area (TPSA) is 36.4 Å². The molecule has 0 radical (unpaired) electrons. The molecule has 0 amide bonds. The van der Waals surface area contributed by atoms with Gasteiger partial charge in [0.15, 0.2) is 11.0 Å². The van der Waals surface area contributed by atoms with Gasteiger partial charge in [0.2, 0.25) is 0 Å². The van der Waals surface area contributed by atoms with Gasteiger partial charge in [0.25, 0.3) is 0 Å². The van der Waals surface area contributed by atoms with Crippen LogP contribution in [0.2, 0.25) is 10.3 Å². The van der Waals surface area contributed by atoms with Crippen LogP contribution < -0.4 is 0 Å². The number of aromatic nitrogens is 1. The molecule has 0 atom stereocenters. The molecule has 0 unspecified atom stereocenters. The van der Waals surface area contributed by atoms with Crippen molar-refractivity contribution in [3.05, 3.63) is 27.8 Å². The van der Waals surface area contributed by atoms with Gasteiger partial charge in [-0.15, -0.1) is 0 Å². The number of hydrogen-bond acceptors (Lipinski definition) is 3. The van der Waals surface area contributed by atoms with Crippen LogP contribution in [-0.2, 0) is 6.54 Å². The van der Waals surface area contributed by atoms with E-state index in [0.717, 1.165) is 11.1 Å². The van der Waals surface area contributed by atoms with E-state index in [9.17, 15) is 4.39 Å².